The number of nitrogens with zero attached hydrogens (tertiary/aromatic N) is 3. The highest BCUT2D eigenvalue weighted by molar-refractivity contribution is 5.68. The van der Waals surface area contributed by atoms with Gasteiger partial charge in [-0.2, -0.15) is 5.26 Å². The van der Waals surface area contributed by atoms with Crippen LogP contribution in [0.5, 0.6) is 0 Å². The lowest BCUT2D eigenvalue weighted by Gasteiger charge is -2.34. The third-order valence-electron chi connectivity index (χ3n) is 5.92. The maximum Gasteiger partial charge on any atom is 0.410 e. The van der Waals surface area contributed by atoms with E-state index in [0.717, 1.165) is 63.8 Å². The van der Waals surface area contributed by atoms with Gasteiger partial charge in [0.05, 0.1) is 11.7 Å². The van der Waals surface area contributed by atoms with Gasteiger partial charge in [-0.25, -0.2) is 4.79 Å². The van der Waals surface area contributed by atoms with Gasteiger partial charge in [-0.15, -0.1) is 0 Å². The minimum absolute atomic E-state index is 0.206. The second-order valence-electron chi connectivity index (χ2n) is 9.29. The van der Waals surface area contributed by atoms with Crippen molar-refractivity contribution in [2.75, 3.05) is 19.7 Å². The summed E-state index contributed by atoms with van der Waals surface area (Å²) in [5.74, 6) is 0.946. The quantitative estimate of drug-likeness (QED) is 0.737. The Bertz CT molecular complexity index is 722. The number of carbonyl (C=O) groups is 1. The first-order chi connectivity index (χ1) is 13.9. The molecule has 0 aromatic carbocycles. The predicted molar refractivity (Wildman–Crippen MR) is 110 cm³/mol. The fraction of sp³-hybridized carbons (Fsp3) is 0.696. The van der Waals surface area contributed by atoms with Gasteiger partial charge in [0.15, 0.2) is 0 Å². The van der Waals surface area contributed by atoms with Gasteiger partial charge >= 0.3 is 6.09 Å². The van der Waals surface area contributed by atoms with E-state index in [2.05, 4.69) is 11.1 Å². The molecular weight excluding hydrogens is 366 g/mol. The predicted octanol–water partition coefficient (Wildman–Crippen LogP) is 4.64. The lowest BCUT2D eigenvalue weighted by atomic mass is 9.81. The molecule has 1 aromatic rings. The van der Waals surface area contributed by atoms with Crippen LogP contribution in [0.2, 0.25) is 0 Å². The molecule has 0 bridgehead atoms. The highest BCUT2D eigenvalue weighted by Crippen LogP contribution is 2.35. The van der Waals surface area contributed by atoms with Gasteiger partial charge < -0.3 is 14.4 Å². The van der Waals surface area contributed by atoms with Crippen LogP contribution in [0.1, 0.15) is 76.3 Å². The molecule has 1 aliphatic heterocycles. The Morgan fingerprint density at radius 1 is 1.21 bits per heavy atom. The SMILES string of the molecule is CC(C)(C)OC(=O)N1CCC(COC2CCC(c3ccncc3C#N)CC2)CC1. The standard InChI is InChI=1S/C23H33N3O3/c1-23(2,3)29-22(27)26-12-9-17(10-13-26)16-28-20-6-4-18(5-7-20)21-8-11-25-15-19(21)14-24/h8,11,15,17-18,20H,4-7,9-10,12-13,16H2,1-3H3. The van der Waals surface area contributed by atoms with Crippen LogP contribution in [0.25, 0.3) is 0 Å². The molecule has 0 spiro atoms. The molecule has 6 nitrogen and oxygen atoms in total. The minimum atomic E-state index is -0.444. The summed E-state index contributed by atoms with van der Waals surface area (Å²) in [6, 6.07) is 4.25. The third-order valence-corrected chi connectivity index (χ3v) is 5.92. The van der Waals surface area contributed by atoms with Crippen molar-refractivity contribution < 1.29 is 14.3 Å². The zero-order valence-electron chi connectivity index (χ0n) is 17.9. The Labute approximate surface area is 174 Å². The fourth-order valence-corrected chi connectivity index (χ4v) is 4.28. The van der Waals surface area contributed by atoms with Gasteiger partial charge in [0.1, 0.15) is 11.7 Å². The molecule has 1 saturated carbocycles. The molecule has 1 aromatic heterocycles. The molecular formula is C23H33N3O3. The number of nitriles is 1. The van der Waals surface area contributed by atoms with Gasteiger partial charge in [0.2, 0.25) is 0 Å². The van der Waals surface area contributed by atoms with Crippen LogP contribution >= 0.6 is 0 Å². The van der Waals surface area contributed by atoms with Crippen molar-refractivity contribution in [1.82, 2.24) is 9.88 Å². The normalized spacial score (nSPS) is 23.4. The van der Waals surface area contributed by atoms with Crippen LogP contribution in [-0.4, -0.2) is 47.4 Å². The molecule has 6 heteroatoms. The monoisotopic (exact) mass is 399 g/mol. The Kier molecular flexibility index (Phi) is 7.13. The number of hydrogen-bond donors (Lipinski definition) is 0. The summed E-state index contributed by atoms with van der Waals surface area (Å²) < 4.78 is 11.7. The average Bonchev–Trinajstić information content (AvgIpc) is 2.72. The Morgan fingerprint density at radius 2 is 1.90 bits per heavy atom. The van der Waals surface area contributed by atoms with Crippen molar-refractivity contribution in [1.29, 1.82) is 5.26 Å². The van der Waals surface area contributed by atoms with Crippen LogP contribution in [-0.2, 0) is 9.47 Å². The summed E-state index contributed by atoms with van der Waals surface area (Å²) in [7, 11) is 0. The second kappa shape index (κ2) is 9.58. The summed E-state index contributed by atoms with van der Waals surface area (Å²) in [5.41, 5.74) is 1.39. The van der Waals surface area contributed by atoms with Crippen molar-refractivity contribution in [3.8, 4) is 6.07 Å². The van der Waals surface area contributed by atoms with Crippen molar-refractivity contribution in [2.45, 2.75) is 76.9 Å². The molecule has 158 valence electrons. The summed E-state index contributed by atoms with van der Waals surface area (Å²) in [6.45, 7) is 7.96. The number of ether oxygens (including phenoxy) is 2. The summed E-state index contributed by atoms with van der Waals surface area (Å²) in [5, 5.41) is 9.29. The number of amides is 1. The fourth-order valence-electron chi connectivity index (χ4n) is 4.28. The molecule has 0 atom stereocenters. The highest BCUT2D eigenvalue weighted by Gasteiger charge is 2.29. The smallest absolute Gasteiger partial charge is 0.410 e. The number of piperidine rings is 1. The first kappa shape index (κ1) is 21.6. The molecule has 2 fully saturated rings. The molecule has 29 heavy (non-hydrogen) atoms. The van der Waals surface area contributed by atoms with E-state index in [4.69, 9.17) is 9.47 Å². The summed E-state index contributed by atoms with van der Waals surface area (Å²) >= 11 is 0. The lowest BCUT2D eigenvalue weighted by Crippen LogP contribution is -2.42. The van der Waals surface area contributed by atoms with E-state index in [-0.39, 0.29) is 6.09 Å². The number of aromatic nitrogens is 1. The largest absolute Gasteiger partial charge is 0.444 e. The molecule has 0 radical (unpaired) electrons. The van der Waals surface area contributed by atoms with Crippen LogP contribution in [0, 0.1) is 17.2 Å². The number of rotatable bonds is 4. The maximum atomic E-state index is 12.2. The van der Waals surface area contributed by atoms with Crippen molar-refractivity contribution >= 4 is 6.09 Å². The Morgan fingerprint density at radius 3 is 2.52 bits per heavy atom. The third kappa shape index (κ3) is 6.17. The van der Waals surface area contributed by atoms with E-state index in [0.29, 0.717) is 23.5 Å². The average molecular weight is 400 g/mol. The van der Waals surface area contributed by atoms with Crippen molar-refractivity contribution in [2.24, 2.45) is 5.92 Å². The number of carbonyl (C=O) groups excluding carboxylic acids is 1. The van der Waals surface area contributed by atoms with Crippen LogP contribution in [0.3, 0.4) is 0 Å². The number of likely N-dealkylation sites (tertiary alicyclic amines) is 1. The zero-order chi connectivity index (χ0) is 20.9. The molecule has 1 amide bonds. The molecule has 2 aliphatic rings. The van der Waals surface area contributed by atoms with E-state index >= 15 is 0 Å². The van der Waals surface area contributed by atoms with E-state index in [9.17, 15) is 10.1 Å². The number of hydrogen-bond acceptors (Lipinski definition) is 5. The summed E-state index contributed by atoms with van der Waals surface area (Å²) in [4.78, 5) is 18.0. The minimum Gasteiger partial charge on any atom is -0.444 e. The van der Waals surface area contributed by atoms with E-state index < -0.39 is 5.60 Å². The molecule has 1 saturated heterocycles. The van der Waals surface area contributed by atoms with Gasteiger partial charge in [-0.3, -0.25) is 4.98 Å². The van der Waals surface area contributed by atoms with Crippen molar-refractivity contribution in [3.05, 3.63) is 29.6 Å². The van der Waals surface area contributed by atoms with Crippen LogP contribution in [0.15, 0.2) is 18.5 Å². The summed E-state index contributed by atoms with van der Waals surface area (Å²) in [6.07, 6.45) is 9.67. The van der Waals surface area contributed by atoms with E-state index in [1.807, 2.05) is 31.7 Å². The zero-order valence-corrected chi connectivity index (χ0v) is 17.9. The Balaban J connectivity index is 1.37. The van der Waals surface area contributed by atoms with E-state index in [1.54, 1.807) is 12.4 Å². The van der Waals surface area contributed by atoms with Crippen LogP contribution < -0.4 is 0 Å². The number of pyridine rings is 1. The first-order valence-electron chi connectivity index (χ1n) is 10.8. The van der Waals surface area contributed by atoms with Gasteiger partial charge in [0, 0.05) is 32.1 Å². The lowest BCUT2D eigenvalue weighted by molar-refractivity contribution is -0.0143. The van der Waals surface area contributed by atoms with Crippen molar-refractivity contribution in [3.63, 3.8) is 0 Å². The Hall–Kier alpha value is -2.13. The first-order valence-corrected chi connectivity index (χ1v) is 10.8. The highest BCUT2D eigenvalue weighted by atomic mass is 16.6. The molecule has 1 aliphatic carbocycles. The molecule has 0 unspecified atom stereocenters. The second-order valence-corrected chi connectivity index (χ2v) is 9.29. The van der Waals surface area contributed by atoms with Gasteiger partial charge in [-0.1, -0.05) is 0 Å². The van der Waals surface area contributed by atoms with E-state index in [1.165, 1.54) is 0 Å². The van der Waals surface area contributed by atoms with Gasteiger partial charge in [0.25, 0.3) is 0 Å². The topological polar surface area (TPSA) is 75.4 Å². The molecule has 2 heterocycles. The molecule has 3 rings (SSSR count). The molecule has 0 N–H and O–H groups in total. The maximum absolute atomic E-state index is 12.2. The van der Waals surface area contributed by atoms with Gasteiger partial charge in [-0.05, 0) is 82.8 Å². The van der Waals surface area contributed by atoms with Crippen LogP contribution in [0.4, 0.5) is 4.79 Å².